The number of benzene rings is 1. The Hall–Kier alpha value is -1.46. The maximum absolute atomic E-state index is 13.0. The average molecular weight is 369 g/mol. The molecule has 1 aliphatic carbocycles. The fourth-order valence-corrected chi connectivity index (χ4v) is 3.84. The van der Waals surface area contributed by atoms with Crippen LogP contribution in [0.15, 0.2) is 24.3 Å². The summed E-state index contributed by atoms with van der Waals surface area (Å²) >= 11 is 0. The molecule has 0 radical (unpaired) electrons. The topological polar surface area (TPSA) is 64.8 Å². The van der Waals surface area contributed by atoms with Gasteiger partial charge in [0.2, 0.25) is 5.91 Å². The molecule has 1 heterocycles. The molecule has 25 heavy (non-hydrogen) atoms. The predicted octanol–water partition coefficient (Wildman–Crippen LogP) is 2.86. The number of ether oxygens (including phenoxy) is 2. The molecule has 6 heteroatoms. The Morgan fingerprint density at radius 2 is 2.04 bits per heavy atom. The number of fused-ring (bicyclic) bond motifs is 1. The molecule has 1 aromatic carbocycles. The SMILES string of the molecule is CCCN(CC1COc2ccccc2O1)C(=O)[C@@H]1CCC[C@@H]1CN.Cl. The minimum absolute atomic E-state index is 0. The van der Waals surface area contributed by atoms with Gasteiger partial charge in [-0.15, -0.1) is 12.4 Å². The summed E-state index contributed by atoms with van der Waals surface area (Å²) in [7, 11) is 0. The van der Waals surface area contributed by atoms with Gasteiger partial charge in [-0.25, -0.2) is 0 Å². The molecule has 1 aliphatic heterocycles. The van der Waals surface area contributed by atoms with Crippen molar-refractivity contribution in [2.75, 3.05) is 26.2 Å². The van der Waals surface area contributed by atoms with Crippen molar-refractivity contribution in [3.8, 4) is 11.5 Å². The van der Waals surface area contributed by atoms with E-state index in [4.69, 9.17) is 15.2 Å². The van der Waals surface area contributed by atoms with Gasteiger partial charge in [0.15, 0.2) is 17.6 Å². The minimum atomic E-state index is -0.117. The van der Waals surface area contributed by atoms with Crippen LogP contribution in [0.1, 0.15) is 32.6 Å². The molecule has 140 valence electrons. The molecule has 0 saturated heterocycles. The summed E-state index contributed by atoms with van der Waals surface area (Å²) < 4.78 is 11.8. The van der Waals surface area contributed by atoms with Gasteiger partial charge in [-0.05, 0) is 43.9 Å². The number of carbonyl (C=O) groups excluding carboxylic acids is 1. The highest BCUT2D eigenvalue weighted by Crippen LogP contribution is 2.34. The van der Waals surface area contributed by atoms with Crippen LogP contribution < -0.4 is 15.2 Å². The molecule has 2 N–H and O–H groups in total. The van der Waals surface area contributed by atoms with Gasteiger partial charge in [0.05, 0.1) is 6.54 Å². The molecule has 0 bridgehead atoms. The third-order valence-electron chi connectivity index (χ3n) is 5.08. The van der Waals surface area contributed by atoms with Crippen molar-refractivity contribution >= 4 is 18.3 Å². The Bertz CT molecular complexity index is 569. The fourth-order valence-electron chi connectivity index (χ4n) is 3.84. The standard InChI is InChI=1S/C19H28N2O3.ClH/c1-2-10-21(19(22)16-7-5-6-14(16)11-20)12-15-13-23-17-8-3-4-9-18(17)24-15;/h3-4,8-9,14-16H,2,5-7,10-13,20H2,1H3;1H/t14-,15?,16-;/m1./s1. The van der Waals surface area contributed by atoms with Gasteiger partial charge >= 0.3 is 0 Å². The Kier molecular flexibility index (Phi) is 7.38. The van der Waals surface area contributed by atoms with Crippen LogP contribution in [0.25, 0.3) is 0 Å². The molecule has 1 saturated carbocycles. The zero-order valence-corrected chi connectivity index (χ0v) is 15.7. The molecular formula is C19H29ClN2O3. The van der Waals surface area contributed by atoms with Gasteiger partial charge in [0.1, 0.15) is 6.61 Å². The van der Waals surface area contributed by atoms with E-state index in [0.29, 0.717) is 25.6 Å². The van der Waals surface area contributed by atoms with Crippen LogP contribution in [0.4, 0.5) is 0 Å². The van der Waals surface area contributed by atoms with Gasteiger partial charge in [0, 0.05) is 12.5 Å². The molecule has 2 aliphatic rings. The zero-order valence-electron chi connectivity index (χ0n) is 14.9. The first-order chi connectivity index (χ1) is 11.7. The van der Waals surface area contributed by atoms with E-state index in [1.54, 1.807) is 0 Å². The van der Waals surface area contributed by atoms with Crippen LogP contribution in [0.5, 0.6) is 11.5 Å². The summed E-state index contributed by atoms with van der Waals surface area (Å²) in [5, 5.41) is 0. The van der Waals surface area contributed by atoms with Crippen LogP contribution in [0.2, 0.25) is 0 Å². The van der Waals surface area contributed by atoms with Crippen molar-refractivity contribution in [1.29, 1.82) is 0 Å². The lowest BCUT2D eigenvalue weighted by Crippen LogP contribution is -2.47. The van der Waals surface area contributed by atoms with Crippen LogP contribution in [0.3, 0.4) is 0 Å². The quantitative estimate of drug-likeness (QED) is 0.838. The summed E-state index contributed by atoms with van der Waals surface area (Å²) in [5.74, 6) is 2.20. The smallest absolute Gasteiger partial charge is 0.226 e. The number of hydrogen-bond donors (Lipinski definition) is 1. The zero-order chi connectivity index (χ0) is 16.9. The molecule has 3 rings (SSSR count). The average Bonchev–Trinajstić information content (AvgIpc) is 3.09. The van der Waals surface area contributed by atoms with Gasteiger partial charge in [-0.2, -0.15) is 0 Å². The van der Waals surface area contributed by atoms with E-state index in [9.17, 15) is 4.79 Å². The van der Waals surface area contributed by atoms with Crippen molar-refractivity contribution in [3.63, 3.8) is 0 Å². The highest BCUT2D eigenvalue weighted by Gasteiger charge is 2.35. The first-order valence-electron chi connectivity index (χ1n) is 9.10. The van der Waals surface area contributed by atoms with Crippen molar-refractivity contribution in [1.82, 2.24) is 4.90 Å². The lowest BCUT2D eigenvalue weighted by molar-refractivity contribution is -0.138. The lowest BCUT2D eigenvalue weighted by Gasteiger charge is -2.33. The third-order valence-corrected chi connectivity index (χ3v) is 5.08. The second kappa shape index (κ2) is 9.30. The fraction of sp³-hybridized carbons (Fsp3) is 0.632. The van der Waals surface area contributed by atoms with Crippen molar-refractivity contribution < 1.29 is 14.3 Å². The van der Waals surface area contributed by atoms with E-state index in [1.165, 1.54) is 0 Å². The van der Waals surface area contributed by atoms with Gasteiger partial charge < -0.3 is 20.1 Å². The number of nitrogens with two attached hydrogens (primary N) is 1. The highest BCUT2D eigenvalue weighted by molar-refractivity contribution is 5.85. The summed E-state index contributed by atoms with van der Waals surface area (Å²) in [5.41, 5.74) is 5.86. The summed E-state index contributed by atoms with van der Waals surface area (Å²) in [4.78, 5) is 15.0. The van der Waals surface area contributed by atoms with Gasteiger partial charge in [-0.1, -0.05) is 25.5 Å². The number of para-hydroxylation sites is 2. The first-order valence-corrected chi connectivity index (χ1v) is 9.10. The molecule has 0 spiro atoms. The number of hydrogen-bond acceptors (Lipinski definition) is 4. The largest absolute Gasteiger partial charge is 0.486 e. The number of rotatable bonds is 6. The van der Waals surface area contributed by atoms with Crippen molar-refractivity contribution in [2.24, 2.45) is 17.6 Å². The van der Waals surface area contributed by atoms with Crippen LogP contribution in [0, 0.1) is 11.8 Å². The van der Waals surface area contributed by atoms with Crippen molar-refractivity contribution in [2.45, 2.75) is 38.7 Å². The maximum Gasteiger partial charge on any atom is 0.226 e. The van der Waals surface area contributed by atoms with E-state index in [1.807, 2.05) is 29.2 Å². The molecule has 1 fully saturated rings. The number of halogens is 1. The Labute approximate surface area is 156 Å². The molecular weight excluding hydrogens is 340 g/mol. The van der Waals surface area contributed by atoms with Crippen molar-refractivity contribution in [3.05, 3.63) is 24.3 Å². The molecule has 1 amide bonds. The Morgan fingerprint density at radius 3 is 2.76 bits per heavy atom. The summed E-state index contributed by atoms with van der Waals surface area (Å²) in [6.07, 6.45) is 3.97. The van der Waals surface area contributed by atoms with Crippen LogP contribution in [-0.2, 0) is 4.79 Å². The maximum atomic E-state index is 13.0. The molecule has 3 atom stereocenters. The monoisotopic (exact) mass is 368 g/mol. The number of nitrogens with zero attached hydrogens (tertiary/aromatic N) is 1. The van der Waals surface area contributed by atoms with E-state index < -0.39 is 0 Å². The Morgan fingerprint density at radius 1 is 1.28 bits per heavy atom. The normalized spacial score (nSPS) is 24.5. The molecule has 5 nitrogen and oxygen atoms in total. The van der Waals surface area contributed by atoms with Crippen LogP contribution in [-0.4, -0.2) is 43.2 Å². The third kappa shape index (κ3) is 4.59. The molecule has 0 aromatic heterocycles. The van der Waals surface area contributed by atoms with Gasteiger partial charge in [-0.3, -0.25) is 4.79 Å². The second-order valence-electron chi connectivity index (χ2n) is 6.82. The Balaban J connectivity index is 0.00000225. The highest BCUT2D eigenvalue weighted by atomic mass is 35.5. The second-order valence-corrected chi connectivity index (χ2v) is 6.82. The molecule has 1 aromatic rings. The van der Waals surface area contributed by atoms with Gasteiger partial charge in [0.25, 0.3) is 0 Å². The van der Waals surface area contributed by atoms with E-state index in [0.717, 1.165) is 43.7 Å². The number of amides is 1. The minimum Gasteiger partial charge on any atom is -0.486 e. The number of carbonyl (C=O) groups is 1. The first kappa shape index (κ1) is 19.9. The van der Waals surface area contributed by atoms with E-state index >= 15 is 0 Å². The van der Waals surface area contributed by atoms with E-state index in [-0.39, 0.29) is 30.3 Å². The summed E-state index contributed by atoms with van der Waals surface area (Å²) in [6, 6.07) is 7.69. The van der Waals surface area contributed by atoms with E-state index in [2.05, 4.69) is 6.92 Å². The predicted molar refractivity (Wildman–Crippen MR) is 100 cm³/mol. The van der Waals surface area contributed by atoms with Crippen LogP contribution >= 0.6 is 12.4 Å². The lowest BCUT2D eigenvalue weighted by atomic mass is 9.94. The summed E-state index contributed by atoms with van der Waals surface area (Å²) in [6.45, 7) is 4.52. The molecule has 1 unspecified atom stereocenters.